The Kier molecular flexibility index (Phi) is 4.36. The molecule has 0 atom stereocenters. The van der Waals surface area contributed by atoms with Gasteiger partial charge in [-0.05, 0) is 6.42 Å². The van der Waals surface area contributed by atoms with E-state index in [4.69, 9.17) is 5.73 Å². The molecule has 0 aliphatic rings. The van der Waals surface area contributed by atoms with Crippen molar-refractivity contribution in [3.63, 3.8) is 0 Å². The van der Waals surface area contributed by atoms with Crippen molar-refractivity contribution in [1.82, 2.24) is 9.55 Å². The number of aromatic nitrogens is 2. The van der Waals surface area contributed by atoms with Crippen LogP contribution >= 0.6 is 0 Å². The van der Waals surface area contributed by atoms with E-state index < -0.39 is 0 Å². The minimum absolute atomic E-state index is 0.619. The van der Waals surface area contributed by atoms with Gasteiger partial charge in [0.15, 0.2) is 0 Å². The van der Waals surface area contributed by atoms with E-state index in [2.05, 4.69) is 16.5 Å². The Hall–Kier alpha value is -0.990. The molecule has 1 heterocycles. The highest BCUT2D eigenvalue weighted by atomic mass is 15.1. The molecule has 74 valence electrons. The van der Waals surface area contributed by atoms with Crippen LogP contribution in [0.15, 0.2) is 12.5 Å². The van der Waals surface area contributed by atoms with Gasteiger partial charge in [-0.15, -0.1) is 0 Å². The van der Waals surface area contributed by atoms with Crippen LogP contribution in [-0.4, -0.2) is 9.55 Å². The van der Waals surface area contributed by atoms with Gasteiger partial charge in [0.05, 0.1) is 6.33 Å². The maximum atomic E-state index is 5.50. The summed E-state index contributed by atoms with van der Waals surface area (Å²) in [6.07, 6.45) is 10.2. The number of nitrogens with two attached hydrogens (primary N) is 1. The molecule has 0 aliphatic carbocycles. The molecule has 0 aliphatic heterocycles. The zero-order valence-corrected chi connectivity index (χ0v) is 8.37. The number of imidazole rings is 1. The second-order valence-electron chi connectivity index (χ2n) is 3.45. The maximum absolute atomic E-state index is 5.50. The number of unbranched alkanes of at least 4 members (excludes halogenated alkanes) is 4. The van der Waals surface area contributed by atoms with Crippen molar-refractivity contribution in [2.75, 3.05) is 5.73 Å². The summed E-state index contributed by atoms with van der Waals surface area (Å²) in [6, 6.07) is 0. The summed E-state index contributed by atoms with van der Waals surface area (Å²) < 4.78 is 2.06. The molecule has 1 aromatic rings. The van der Waals surface area contributed by atoms with Gasteiger partial charge < -0.3 is 10.3 Å². The van der Waals surface area contributed by atoms with Crippen LogP contribution in [0.25, 0.3) is 0 Å². The quantitative estimate of drug-likeness (QED) is 0.685. The lowest BCUT2D eigenvalue weighted by Crippen LogP contribution is -1.94. The van der Waals surface area contributed by atoms with E-state index in [1.165, 1.54) is 32.1 Å². The third-order valence-electron chi connectivity index (χ3n) is 2.17. The Balaban J connectivity index is 2.06. The van der Waals surface area contributed by atoms with Crippen molar-refractivity contribution >= 4 is 5.82 Å². The molecule has 0 aromatic carbocycles. The molecule has 0 radical (unpaired) electrons. The number of hydrogen-bond donors (Lipinski definition) is 1. The first-order valence-electron chi connectivity index (χ1n) is 5.10. The Morgan fingerprint density at radius 1 is 1.31 bits per heavy atom. The second kappa shape index (κ2) is 5.62. The molecule has 0 spiro atoms. The molecule has 3 heteroatoms. The van der Waals surface area contributed by atoms with Gasteiger partial charge in [0.25, 0.3) is 0 Å². The molecule has 13 heavy (non-hydrogen) atoms. The summed E-state index contributed by atoms with van der Waals surface area (Å²) in [4.78, 5) is 3.97. The van der Waals surface area contributed by atoms with Crippen molar-refractivity contribution in [3.8, 4) is 0 Å². The molecule has 3 nitrogen and oxygen atoms in total. The van der Waals surface area contributed by atoms with E-state index in [0.717, 1.165) is 6.54 Å². The van der Waals surface area contributed by atoms with Crippen LogP contribution in [-0.2, 0) is 6.54 Å². The standard InChI is InChI=1S/C10H19N3/c1-2-3-4-5-6-7-13-8-10(11)12-9-13/h8-9H,2-7,11H2,1H3. The molecule has 0 amide bonds. The molecule has 1 rings (SSSR count). The summed E-state index contributed by atoms with van der Waals surface area (Å²) in [5.74, 6) is 0.619. The third-order valence-corrected chi connectivity index (χ3v) is 2.17. The summed E-state index contributed by atoms with van der Waals surface area (Å²) in [5, 5.41) is 0. The predicted molar refractivity (Wildman–Crippen MR) is 55.4 cm³/mol. The fraction of sp³-hybridized carbons (Fsp3) is 0.700. The zero-order valence-electron chi connectivity index (χ0n) is 8.37. The van der Waals surface area contributed by atoms with Gasteiger partial charge in [0, 0.05) is 12.7 Å². The molecular weight excluding hydrogens is 162 g/mol. The maximum Gasteiger partial charge on any atom is 0.141 e. The smallest absolute Gasteiger partial charge is 0.141 e. The van der Waals surface area contributed by atoms with Crippen LogP contribution in [0.2, 0.25) is 0 Å². The van der Waals surface area contributed by atoms with Gasteiger partial charge in [-0.1, -0.05) is 32.6 Å². The Bertz CT molecular complexity index is 230. The molecule has 0 saturated carbocycles. The highest BCUT2D eigenvalue weighted by Crippen LogP contribution is 2.05. The van der Waals surface area contributed by atoms with Gasteiger partial charge >= 0.3 is 0 Å². The average molecular weight is 181 g/mol. The molecular formula is C10H19N3. The lowest BCUT2D eigenvalue weighted by atomic mass is 10.1. The lowest BCUT2D eigenvalue weighted by molar-refractivity contribution is 0.568. The van der Waals surface area contributed by atoms with Crippen molar-refractivity contribution < 1.29 is 0 Å². The van der Waals surface area contributed by atoms with Crippen LogP contribution in [0, 0.1) is 0 Å². The third kappa shape index (κ3) is 3.97. The summed E-state index contributed by atoms with van der Waals surface area (Å²) in [5.41, 5.74) is 5.50. The van der Waals surface area contributed by atoms with E-state index in [0.29, 0.717) is 5.82 Å². The molecule has 0 bridgehead atoms. The van der Waals surface area contributed by atoms with E-state index in [-0.39, 0.29) is 0 Å². The number of nitrogens with zero attached hydrogens (tertiary/aromatic N) is 2. The van der Waals surface area contributed by atoms with E-state index in [1.807, 2.05) is 6.20 Å². The predicted octanol–water partition coefficient (Wildman–Crippen LogP) is 2.44. The number of hydrogen-bond acceptors (Lipinski definition) is 2. The van der Waals surface area contributed by atoms with Crippen LogP contribution in [0.5, 0.6) is 0 Å². The van der Waals surface area contributed by atoms with Gasteiger partial charge in [-0.3, -0.25) is 0 Å². The number of nitrogen functional groups attached to an aromatic ring is 1. The fourth-order valence-corrected chi connectivity index (χ4v) is 1.40. The lowest BCUT2D eigenvalue weighted by Gasteiger charge is -2.00. The first kappa shape index (κ1) is 10.1. The molecule has 0 unspecified atom stereocenters. The van der Waals surface area contributed by atoms with Crippen molar-refractivity contribution in [2.45, 2.75) is 45.6 Å². The summed E-state index contributed by atoms with van der Waals surface area (Å²) in [7, 11) is 0. The van der Waals surface area contributed by atoms with Crippen LogP contribution in [0.3, 0.4) is 0 Å². The van der Waals surface area contributed by atoms with Crippen LogP contribution in [0.1, 0.15) is 39.0 Å². The fourth-order valence-electron chi connectivity index (χ4n) is 1.40. The highest BCUT2D eigenvalue weighted by molar-refractivity contribution is 5.22. The molecule has 2 N–H and O–H groups in total. The largest absolute Gasteiger partial charge is 0.382 e. The normalized spacial score (nSPS) is 10.5. The number of aryl methyl sites for hydroxylation is 1. The Morgan fingerprint density at radius 2 is 2.08 bits per heavy atom. The topological polar surface area (TPSA) is 43.8 Å². The van der Waals surface area contributed by atoms with Crippen LogP contribution in [0.4, 0.5) is 5.82 Å². The van der Waals surface area contributed by atoms with Crippen molar-refractivity contribution in [1.29, 1.82) is 0 Å². The first-order chi connectivity index (χ1) is 6.33. The minimum Gasteiger partial charge on any atom is -0.382 e. The number of rotatable bonds is 6. The monoisotopic (exact) mass is 181 g/mol. The average Bonchev–Trinajstić information content (AvgIpc) is 2.51. The van der Waals surface area contributed by atoms with Gasteiger partial charge in [0.2, 0.25) is 0 Å². The summed E-state index contributed by atoms with van der Waals surface area (Å²) in [6.45, 7) is 3.28. The minimum atomic E-state index is 0.619. The van der Waals surface area contributed by atoms with E-state index >= 15 is 0 Å². The second-order valence-corrected chi connectivity index (χ2v) is 3.45. The Morgan fingerprint density at radius 3 is 2.69 bits per heavy atom. The zero-order chi connectivity index (χ0) is 9.52. The first-order valence-corrected chi connectivity index (χ1v) is 5.10. The van der Waals surface area contributed by atoms with Crippen molar-refractivity contribution in [3.05, 3.63) is 12.5 Å². The molecule has 0 saturated heterocycles. The van der Waals surface area contributed by atoms with Gasteiger partial charge in [-0.25, -0.2) is 4.98 Å². The Labute approximate surface area is 80.0 Å². The molecule has 0 fully saturated rings. The molecule has 1 aromatic heterocycles. The van der Waals surface area contributed by atoms with E-state index in [1.54, 1.807) is 6.33 Å². The van der Waals surface area contributed by atoms with Gasteiger partial charge in [0.1, 0.15) is 5.82 Å². The summed E-state index contributed by atoms with van der Waals surface area (Å²) >= 11 is 0. The van der Waals surface area contributed by atoms with Crippen LogP contribution < -0.4 is 5.73 Å². The van der Waals surface area contributed by atoms with Gasteiger partial charge in [-0.2, -0.15) is 0 Å². The SMILES string of the molecule is CCCCCCCn1cnc(N)c1. The van der Waals surface area contributed by atoms with Crippen molar-refractivity contribution in [2.24, 2.45) is 0 Å². The van der Waals surface area contributed by atoms with E-state index in [9.17, 15) is 0 Å². The highest BCUT2D eigenvalue weighted by Gasteiger charge is 1.93. The number of anilines is 1.